The molecule has 144 valence electrons. The summed E-state index contributed by atoms with van der Waals surface area (Å²) in [6.07, 6.45) is 0. The zero-order valence-electron chi connectivity index (χ0n) is 15.5. The smallest absolute Gasteiger partial charge is 0.259 e. The highest BCUT2D eigenvalue weighted by Crippen LogP contribution is 2.29. The van der Waals surface area contributed by atoms with Gasteiger partial charge in [-0.2, -0.15) is 11.8 Å². The summed E-state index contributed by atoms with van der Waals surface area (Å²) in [5, 5.41) is 0.617. The Morgan fingerprint density at radius 1 is 1.30 bits per heavy atom. The van der Waals surface area contributed by atoms with Crippen LogP contribution in [0.2, 0.25) is 5.02 Å². The molecule has 2 aromatic carbocycles. The van der Waals surface area contributed by atoms with Gasteiger partial charge in [-0.05, 0) is 78.1 Å². The minimum absolute atomic E-state index is 0.0686. The molecule has 2 N–H and O–H groups in total. The van der Waals surface area contributed by atoms with Crippen molar-refractivity contribution in [3.05, 3.63) is 61.7 Å². The fraction of sp³-hybridized carbons (Fsp3) is 0.300. The van der Waals surface area contributed by atoms with Gasteiger partial charge in [0, 0.05) is 26.1 Å². The van der Waals surface area contributed by atoms with Crippen LogP contribution in [0, 0.1) is 10.5 Å². The Hall–Kier alpha value is -1.25. The average molecular weight is 517 g/mol. The normalized spacial score (nSPS) is 11.9. The van der Waals surface area contributed by atoms with E-state index in [1.807, 2.05) is 48.6 Å². The molecule has 27 heavy (non-hydrogen) atoms. The first-order chi connectivity index (χ1) is 12.8. The zero-order chi connectivity index (χ0) is 20.1. The largest absolute Gasteiger partial charge is 0.366 e. The minimum Gasteiger partial charge on any atom is -0.366 e. The maximum atomic E-state index is 13.5. The van der Waals surface area contributed by atoms with Gasteiger partial charge in [-0.15, -0.1) is 0 Å². The number of amides is 2. The van der Waals surface area contributed by atoms with E-state index in [2.05, 4.69) is 6.92 Å². The number of halogens is 2. The van der Waals surface area contributed by atoms with Crippen molar-refractivity contribution < 1.29 is 9.59 Å². The fourth-order valence-corrected chi connectivity index (χ4v) is 4.60. The molecule has 0 heterocycles. The minimum atomic E-state index is -0.605. The van der Waals surface area contributed by atoms with E-state index in [0.717, 1.165) is 22.8 Å². The van der Waals surface area contributed by atoms with Crippen LogP contribution in [0.1, 0.15) is 40.1 Å². The van der Waals surface area contributed by atoms with Crippen LogP contribution in [0.3, 0.4) is 0 Å². The molecule has 0 saturated carbocycles. The molecule has 1 unspecified atom stereocenters. The van der Waals surface area contributed by atoms with Crippen molar-refractivity contribution in [3.8, 4) is 0 Å². The number of rotatable bonds is 7. The summed E-state index contributed by atoms with van der Waals surface area (Å²) in [6, 6.07) is 10.6. The number of carbonyl (C=O) groups is 2. The quantitative estimate of drug-likeness (QED) is 0.518. The van der Waals surface area contributed by atoms with E-state index >= 15 is 0 Å². The number of thioether (sulfide) groups is 1. The van der Waals surface area contributed by atoms with Crippen molar-refractivity contribution in [1.29, 1.82) is 0 Å². The van der Waals surface area contributed by atoms with E-state index in [-0.39, 0.29) is 17.5 Å². The summed E-state index contributed by atoms with van der Waals surface area (Å²) < 4.78 is 0.661. The van der Waals surface area contributed by atoms with Gasteiger partial charge in [0.05, 0.1) is 11.1 Å². The number of nitrogens with zero attached hydrogens (tertiary/aromatic N) is 1. The van der Waals surface area contributed by atoms with E-state index < -0.39 is 5.91 Å². The van der Waals surface area contributed by atoms with Crippen LogP contribution in [0.5, 0.6) is 0 Å². The van der Waals surface area contributed by atoms with Gasteiger partial charge in [-0.3, -0.25) is 9.59 Å². The van der Waals surface area contributed by atoms with Gasteiger partial charge in [0.1, 0.15) is 0 Å². The molecule has 0 spiro atoms. The molecule has 2 aromatic rings. The molecular formula is C20H22ClIN2O2S. The molecule has 2 amide bonds. The third-order valence-corrected chi connectivity index (χ3v) is 6.39. The molecule has 0 aliphatic heterocycles. The second-order valence-electron chi connectivity index (χ2n) is 6.14. The van der Waals surface area contributed by atoms with Crippen LogP contribution >= 0.6 is 46.0 Å². The Morgan fingerprint density at radius 2 is 2.00 bits per heavy atom. The van der Waals surface area contributed by atoms with Crippen LogP contribution in [-0.2, 0) is 0 Å². The van der Waals surface area contributed by atoms with Crippen molar-refractivity contribution in [3.63, 3.8) is 0 Å². The monoisotopic (exact) mass is 516 g/mol. The molecule has 0 fully saturated rings. The van der Waals surface area contributed by atoms with Crippen LogP contribution in [0.25, 0.3) is 0 Å². The first kappa shape index (κ1) is 22.0. The van der Waals surface area contributed by atoms with Gasteiger partial charge in [0.25, 0.3) is 11.8 Å². The third-order valence-electron chi connectivity index (χ3n) is 4.13. The molecule has 0 aliphatic rings. The third kappa shape index (κ3) is 5.18. The fourth-order valence-electron chi connectivity index (χ4n) is 2.88. The highest BCUT2D eigenvalue weighted by molar-refractivity contribution is 14.1. The Morgan fingerprint density at radius 3 is 2.59 bits per heavy atom. The number of carbonyl (C=O) groups excluding carboxylic acids is 2. The van der Waals surface area contributed by atoms with Gasteiger partial charge in [-0.25, -0.2) is 0 Å². The van der Waals surface area contributed by atoms with E-state index in [4.69, 9.17) is 17.3 Å². The highest BCUT2D eigenvalue weighted by atomic mass is 127. The highest BCUT2D eigenvalue weighted by Gasteiger charge is 2.28. The van der Waals surface area contributed by atoms with Crippen LogP contribution in [0.4, 0.5) is 5.69 Å². The lowest BCUT2D eigenvalue weighted by atomic mass is 10.0. The van der Waals surface area contributed by atoms with E-state index in [1.54, 1.807) is 40.9 Å². The Balaban J connectivity index is 2.59. The Kier molecular flexibility index (Phi) is 8.00. The first-order valence-corrected chi connectivity index (χ1v) is 11.1. The van der Waals surface area contributed by atoms with Crippen LogP contribution < -0.4 is 10.6 Å². The van der Waals surface area contributed by atoms with Gasteiger partial charge in [-0.1, -0.05) is 24.6 Å². The maximum absolute atomic E-state index is 13.5. The van der Waals surface area contributed by atoms with Gasteiger partial charge in [0.15, 0.2) is 0 Å². The summed E-state index contributed by atoms with van der Waals surface area (Å²) in [5.41, 5.74) is 7.82. The number of hydrogen-bond acceptors (Lipinski definition) is 3. The predicted molar refractivity (Wildman–Crippen MR) is 123 cm³/mol. The molecule has 1 atom stereocenters. The van der Waals surface area contributed by atoms with Crippen molar-refractivity contribution in [2.75, 3.05) is 16.4 Å². The number of hydrogen-bond donors (Lipinski definition) is 1. The van der Waals surface area contributed by atoms with Crippen molar-refractivity contribution in [2.45, 2.75) is 26.8 Å². The molecule has 2 rings (SSSR count). The number of primary amides is 1. The summed E-state index contributed by atoms with van der Waals surface area (Å²) >= 11 is 9.89. The number of benzene rings is 2. The number of nitrogens with two attached hydrogens (primary N) is 1. The van der Waals surface area contributed by atoms with Gasteiger partial charge >= 0.3 is 0 Å². The van der Waals surface area contributed by atoms with Crippen LogP contribution in [0.15, 0.2) is 36.4 Å². The molecule has 0 aliphatic carbocycles. The van der Waals surface area contributed by atoms with Crippen molar-refractivity contribution in [2.24, 2.45) is 5.73 Å². The average Bonchev–Trinajstić information content (AvgIpc) is 2.61. The molecule has 0 saturated heterocycles. The van der Waals surface area contributed by atoms with Crippen molar-refractivity contribution in [1.82, 2.24) is 0 Å². The second-order valence-corrected chi connectivity index (χ2v) is 9.06. The summed E-state index contributed by atoms with van der Waals surface area (Å²) in [7, 11) is 0. The molecule has 4 nitrogen and oxygen atoms in total. The molecule has 0 aromatic heterocycles. The lowest BCUT2D eigenvalue weighted by Gasteiger charge is -2.31. The van der Waals surface area contributed by atoms with E-state index in [1.165, 1.54) is 0 Å². The van der Waals surface area contributed by atoms with Crippen molar-refractivity contribution >= 4 is 63.5 Å². The molecule has 0 radical (unpaired) electrons. The lowest BCUT2D eigenvalue weighted by Crippen LogP contribution is -2.41. The number of aryl methyl sites for hydroxylation is 1. The SMILES string of the molecule is CCSCC(C)N(C(=O)c1cccc(I)c1C(N)=O)c1ccc(Cl)cc1C. The van der Waals surface area contributed by atoms with E-state index in [0.29, 0.717) is 14.2 Å². The molecule has 0 bridgehead atoms. The maximum Gasteiger partial charge on any atom is 0.259 e. The van der Waals surface area contributed by atoms with E-state index in [9.17, 15) is 9.59 Å². The lowest BCUT2D eigenvalue weighted by molar-refractivity contribution is 0.0955. The predicted octanol–water partition coefficient (Wildman–Crippen LogP) is 5.14. The summed E-state index contributed by atoms with van der Waals surface area (Å²) in [4.78, 5) is 27.3. The van der Waals surface area contributed by atoms with Crippen LogP contribution in [-0.4, -0.2) is 29.4 Å². The Labute approximate surface area is 183 Å². The first-order valence-electron chi connectivity index (χ1n) is 8.53. The summed E-state index contributed by atoms with van der Waals surface area (Å²) in [6.45, 7) is 6.01. The summed E-state index contributed by atoms with van der Waals surface area (Å²) in [5.74, 6) is 0.894. The Bertz CT molecular complexity index is 860. The number of anilines is 1. The zero-order valence-corrected chi connectivity index (χ0v) is 19.2. The van der Waals surface area contributed by atoms with Gasteiger partial charge in [0.2, 0.25) is 0 Å². The topological polar surface area (TPSA) is 63.4 Å². The molecule has 7 heteroatoms. The second kappa shape index (κ2) is 9.80. The molecular weight excluding hydrogens is 495 g/mol. The van der Waals surface area contributed by atoms with Gasteiger partial charge < -0.3 is 10.6 Å². The standard InChI is InChI=1S/C20H22ClIN2O2S/c1-4-27-11-13(3)24(17-9-8-14(21)10-12(17)2)20(26)15-6-5-7-16(22)18(15)19(23)25/h5-10,13H,4,11H2,1-3H3,(H2,23,25).